The summed E-state index contributed by atoms with van der Waals surface area (Å²) in [4.78, 5) is 0. The second kappa shape index (κ2) is 3.40. The van der Waals surface area contributed by atoms with Gasteiger partial charge >= 0.3 is 0 Å². The van der Waals surface area contributed by atoms with Gasteiger partial charge in [0.15, 0.2) is 6.29 Å². The van der Waals surface area contributed by atoms with E-state index in [1.54, 1.807) is 12.1 Å². The van der Waals surface area contributed by atoms with Crippen LogP contribution in [0.2, 0.25) is 0 Å². The van der Waals surface area contributed by atoms with Crippen molar-refractivity contribution in [1.82, 2.24) is 0 Å². The van der Waals surface area contributed by atoms with Crippen LogP contribution in [-0.2, 0) is 9.47 Å². The third-order valence-electron chi connectivity index (χ3n) is 2.14. The van der Waals surface area contributed by atoms with E-state index in [9.17, 15) is 5.11 Å². The Morgan fingerprint density at radius 3 is 2.69 bits per heavy atom. The zero-order chi connectivity index (χ0) is 9.26. The summed E-state index contributed by atoms with van der Waals surface area (Å²) < 4.78 is 10.7. The van der Waals surface area contributed by atoms with Crippen LogP contribution in [0.15, 0.2) is 18.2 Å². The molecule has 68 valence electrons. The van der Waals surface area contributed by atoms with Crippen LogP contribution in [0.1, 0.15) is 11.9 Å². The molecule has 1 aromatic carbocycles. The molecule has 0 aromatic heterocycles. The molecule has 0 aliphatic carbocycles. The van der Waals surface area contributed by atoms with Crippen LogP contribution >= 0.6 is 0 Å². The van der Waals surface area contributed by atoms with Crippen LogP contribution in [0, 0.1) is 0 Å². The molecule has 4 heteroatoms. The van der Waals surface area contributed by atoms with Gasteiger partial charge in [-0.25, -0.2) is 0 Å². The van der Waals surface area contributed by atoms with E-state index in [1.165, 1.54) is 0 Å². The van der Waals surface area contributed by atoms with Crippen molar-refractivity contribution in [2.24, 2.45) is 0 Å². The molecule has 1 fully saturated rings. The molecule has 2 rings (SSSR count). The Hall–Kier alpha value is -0.995. The number of aromatic hydroxyl groups is 1. The minimum Gasteiger partial charge on any atom is -0.508 e. The molecule has 3 nitrogen and oxygen atoms in total. The highest BCUT2D eigenvalue weighted by atomic mass is 16.7. The molecule has 0 amide bonds. The molecule has 13 heavy (non-hydrogen) atoms. The fourth-order valence-electron chi connectivity index (χ4n) is 1.42. The van der Waals surface area contributed by atoms with Gasteiger partial charge in [0.1, 0.15) is 13.6 Å². The smallest absolute Gasteiger partial charge is 0.183 e. The molecule has 1 N–H and O–H groups in total. The summed E-state index contributed by atoms with van der Waals surface area (Å²) in [5.41, 5.74) is 1.99. The number of hydrogen-bond acceptors (Lipinski definition) is 3. The van der Waals surface area contributed by atoms with Gasteiger partial charge < -0.3 is 14.6 Å². The summed E-state index contributed by atoms with van der Waals surface area (Å²) in [6.07, 6.45) is -0.299. The minimum atomic E-state index is -0.299. The summed E-state index contributed by atoms with van der Waals surface area (Å²) in [6.45, 7) is 1.25. The van der Waals surface area contributed by atoms with Crippen molar-refractivity contribution in [2.75, 3.05) is 13.2 Å². The second-order valence-corrected chi connectivity index (χ2v) is 3.11. The molecular weight excluding hydrogens is 167 g/mol. The van der Waals surface area contributed by atoms with E-state index in [1.807, 2.05) is 13.9 Å². The lowest BCUT2D eigenvalue weighted by molar-refractivity contribution is -0.0434. The molecule has 1 aliphatic rings. The van der Waals surface area contributed by atoms with Crippen molar-refractivity contribution in [3.05, 3.63) is 23.8 Å². The normalized spacial score (nSPS) is 17.8. The van der Waals surface area contributed by atoms with E-state index in [4.69, 9.17) is 9.47 Å². The molecule has 0 saturated carbocycles. The summed E-state index contributed by atoms with van der Waals surface area (Å²) in [7, 11) is 1.97. The maximum absolute atomic E-state index is 9.29. The van der Waals surface area contributed by atoms with Gasteiger partial charge in [0, 0.05) is 5.56 Å². The predicted octanol–water partition coefficient (Wildman–Crippen LogP) is -0.304. The summed E-state index contributed by atoms with van der Waals surface area (Å²) >= 11 is 0. The van der Waals surface area contributed by atoms with Crippen molar-refractivity contribution in [3.8, 4) is 5.75 Å². The first kappa shape index (κ1) is 8.60. The zero-order valence-corrected chi connectivity index (χ0v) is 7.49. The molecule has 1 saturated heterocycles. The van der Waals surface area contributed by atoms with E-state index >= 15 is 0 Å². The van der Waals surface area contributed by atoms with Gasteiger partial charge in [0.2, 0.25) is 0 Å². The Bertz CT molecular complexity index is 308. The zero-order valence-electron chi connectivity index (χ0n) is 7.49. The van der Waals surface area contributed by atoms with Crippen molar-refractivity contribution < 1.29 is 14.6 Å². The Kier molecular flexibility index (Phi) is 2.25. The standard InChI is InChI=1S/C9H11BO3/c10-8-2-1-6(11)5-7(8)9-12-3-4-13-9/h1-2,5,9,11H,3-4,10H2. The maximum Gasteiger partial charge on any atom is 0.183 e. The van der Waals surface area contributed by atoms with Gasteiger partial charge in [-0.15, -0.1) is 0 Å². The lowest BCUT2D eigenvalue weighted by Crippen LogP contribution is -2.14. The summed E-state index contributed by atoms with van der Waals surface area (Å²) in [6, 6.07) is 5.20. The molecular formula is C9H11BO3. The largest absolute Gasteiger partial charge is 0.508 e. The third kappa shape index (κ3) is 1.69. The summed E-state index contributed by atoms with van der Waals surface area (Å²) in [5, 5.41) is 9.29. The van der Waals surface area contributed by atoms with E-state index in [0.29, 0.717) is 13.2 Å². The first-order valence-electron chi connectivity index (χ1n) is 4.30. The number of phenols is 1. The fourth-order valence-corrected chi connectivity index (χ4v) is 1.42. The first-order valence-corrected chi connectivity index (χ1v) is 4.30. The fraction of sp³-hybridized carbons (Fsp3) is 0.333. The van der Waals surface area contributed by atoms with Crippen LogP contribution in [0.25, 0.3) is 0 Å². The molecule has 0 bridgehead atoms. The quantitative estimate of drug-likeness (QED) is 0.599. The van der Waals surface area contributed by atoms with Crippen molar-refractivity contribution in [1.29, 1.82) is 0 Å². The van der Waals surface area contributed by atoms with Crippen LogP contribution in [-0.4, -0.2) is 26.2 Å². The maximum atomic E-state index is 9.29. The lowest BCUT2D eigenvalue weighted by Gasteiger charge is -2.12. The highest BCUT2D eigenvalue weighted by Gasteiger charge is 2.19. The Balaban J connectivity index is 2.32. The lowest BCUT2D eigenvalue weighted by atomic mass is 9.90. The molecule has 1 heterocycles. The molecule has 0 atom stereocenters. The van der Waals surface area contributed by atoms with Gasteiger partial charge in [-0.3, -0.25) is 0 Å². The molecule has 0 radical (unpaired) electrons. The Labute approximate surface area is 77.7 Å². The average Bonchev–Trinajstić information content (AvgIpc) is 2.61. The highest BCUT2D eigenvalue weighted by molar-refractivity contribution is 6.33. The monoisotopic (exact) mass is 178 g/mol. The summed E-state index contributed by atoms with van der Waals surface area (Å²) in [5.74, 6) is 0.250. The van der Waals surface area contributed by atoms with E-state index in [-0.39, 0.29) is 12.0 Å². The number of rotatable bonds is 1. The van der Waals surface area contributed by atoms with Gasteiger partial charge in [-0.1, -0.05) is 11.5 Å². The number of ether oxygens (including phenoxy) is 2. The SMILES string of the molecule is Bc1ccc(O)cc1C1OCCO1. The second-order valence-electron chi connectivity index (χ2n) is 3.11. The van der Waals surface area contributed by atoms with Gasteiger partial charge in [0.05, 0.1) is 13.2 Å². The number of hydrogen-bond donors (Lipinski definition) is 1. The number of phenolic OH excluding ortho intramolecular Hbond substituents is 1. The first-order chi connectivity index (χ1) is 6.27. The highest BCUT2D eigenvalue weighted by Crippen LogP contribution is 2.23. The molecule has 1 aromatic rings. The molecule has 0 unspecified atom stereocenters. The van der Waals surface area contributed by atoms with Crippen LogP contribution in [0.5, 0.6) is 5.75 Å². The molecule has 1 aliphatic heterocycles. The van der Waals surface area contributed by atoms with Crippen LogP contribution < -0.4 is 5.46 Å². The topological polar surface area (TPSA) is 38.7 Å². The van der Waals surface area contributed by atoms with E-state index in [0.717, 1.165) is 11.0 Å². The van der Waals surface area contributed by atoms with E-state index in [2.05, 4.69) is 0 Å². The van der Waals surface area contributed by atoms with Crippen LogP contribution in [0.3, 0.4) is 0 Å². The average molecular weight is 178 g/mol. The predicted molar refractivity (Wildman–Crippen MR) is 50.9 cm³/mol. The Morgan fingerprint density at radius 2 is 2.00 bits per heavy atom. The van der Waals surface area contributed by atoms with Crippen LogP contribution in [0.4, 0.5) is 0 Å². The van der Waals surface area contributed by atoms with E-state index < -0.39 is 0 Å². The van der Waals surface area contributed by atoms with Gasteiger partial charge in [-0.05, 0) is 12.1 Å². The van der Waals surface area contributed by atoms with Gasteiger partial charge in [0.25, 0.3) is 0 Å². The van der Waals surface area contributed by atoms with Crippen molar-refractivity contribution >= 4 is 13.3 Å². The molecule has 0 spiro atoms. The third-order valence-corrected chi connectivity index (χ3v) is 2.14. The number of benzene rings is 1. The van der Waals surface area contributed by atoms with Gasteiger partial charge in [-0.2, -0.15) is 0 Å². The van der Waals surface area contributed by atoms with Crippen molar-refractivity contribution in [2.45, 2.75) is 6.29 Å². The Morgan fingerprint density at radius 1 is 1.31 bits per heavy atom. The van der Waals surface area contributed by atoms with Crippen molar-refractivity contribution in [3.63, 3.8) is 0 Å². The minimum absolute atomic E-state index is 0.250.